The number of H-pyrrole nitrogens is 1. The highest BCUT2D eigenvalue weighted by Crippen LogP contribution is 2.41. The summed E-state index contributed by atoms with van der Waals surface area (Å²) in [6, 6.07) is 4.39. The maximum absolute atomic E-state index is 12.2. The summed E-state index contributed by atoms with van der Waals surface area (Å²) in [5, 5.41) is 21.3. The van der Waals surface area contributed by atoms with Crippen LogP contribution in [0.3, 0.4) is 0 Å². The first-order chi connectivity index (χ1) is 16.2. The molecule has 3 rings (SSSR count). The van der Waals surface area contributed by atoms with Crippen LogP contribution in [0.25, 0.3) is 0 Å². The third-order valence-electron chi connectivity index (χ3n) is 4.95. The van der Waals surface area contributed by atoms with Gasteiger partial charge in [-0.1, -0.05) is 30.1 Å². The summed E-state index contributed by atoms with van der Waals surface area (Å²) in [6.07, 6.45) is 1.42. The van der Waals surface area contributed by atoms with Gasteiger partial charge in [-0.05, 0) is 44.2 Å². The van der Waals surface area contributed by atoms with Crippen molar-refractivity contribution in [3.05, 3.63) is 43.7 Å². The third-order valence-corrected chi connectivity index (χ3v) is 5.51. The number of anilines is 1. The summed E-state index contributed by atoms with van der Waals surface area (Å²) in [5.41, 5.74) is 3.21. The van der Waals surface area contributed by atoms with Crippen molar-refractivity contribution in [1.82, 2.24) is 15.5 Å². The minimum absolute atomic E-state index is 0.0538. The van der Waals surface area contributed by atoms with Crippen molar-refractivity contribution in [2.45, 2.75) is 39.0 Å². The van der Waals surface area contributed by atoms with Gasteiger partial charge in [-0.3, -0.25) is 20.3 Å². The van der Waals surface area contributed by atoms with Crippen LogP contribution in [-0.2, 0) is 16.0 Å². The number of hydrazone groups is 1. The zero-order valence-electron chi connectivity index (χ0n) is 18.2. The number of hydrogen-bond acceptors (Lipinski definition) is 9. The monoisotopic (exact) mass is 506 g/mol. The quantitative estimate of drug-likeness (QED) is 0.393. The lowest BCUT2D eigenvalue weighted by Gasteiger charge is -2.22. The number of aromatic nitrogens is 2. The fourth-order valence-corrected chi connectivity index (χ4v) is 4.01. The zero-order valence-corrected chi connectivity index (χ0v) is 19.7. The van der Waals surface area contributed by atoms with Gasteiger partial charge < -0.3 is 9.47 Å². The standard InChI is InChI=1S/C21H20Cl2N6O5/c1-3-33-21(32)25-18(30)15(9-24)27-26-11-7-13(22)17(14(23)8-11)34-20-12-6-4-5-10(2)16(12)19(31)28-29-20/h7-8,10,26H,3-6H2,1-2H3,(H,28,31)(H,25,30,32)/b27-15-. The minimum Gasteiger partial charge on any atom is -0.450 e. The highest BCUT2D eigenvalue weighted by atomic mass is 35.5. The first-order valence-corrected chi connectivity index (χ1v) is 11.0. The molecule has 3 N–H and O–H groups in total. The Kier molecular flexibility index (Phi) is 8.09. The number of ether oxygens (including phenoxy) is 2. The highest BCUT2D eigenvalue weighted by Gasteiger charge is 2.25. The van der Waals surface area contributed by atoms with E-state index in [0.29, 0.717) is 17.5 Å². The minimum atomic E-state index is -1.05. The molecule has 1 aliphatic rings. The number of nitrogens with one attached hydrogen (secondary N) is 3. The summed E-state index contributed by atoms with van der Waals surface area (Å²) in [5.74, 6) is -0.651. The molecule has 0 saturated heterocycles. The lowest BCUT2D eigenvalue weighted by atomic mass is 9.85. The van der Waals surface area contributed by atoms with Gasteiger partial charge in [0.05, 0.1) is 22.3 Å². The van der Waals surface area contributed by atoms with Gasteiger partial charge in [0.25, 0.3) is 11.5 Å². The molecular weight excluding hydrogens is 487 g/mol. The van der Waals surface area contributed by atoms with Gasteiger partial charge in [-0.25, -0.2) is 9.89 Å². The number of nitriles is 1. The van der Waals surface area contributed by atoms with Crippen LogP contribution in [0.1, 0.15) is 43.7 Å². The summed E-state index contributed by atoms with van der Waals surface area (Å²) in [6.45, 7) is 3.59. The smallest absolute Gasteiger partial charge is 0.414 e. The van der Waals surface area contributed by atoms with Crippen molar-refractivity contribution in [1.29, 1.82) is 5.26 Å². The molecule has 0 spiro atoms. The summed E-state index contributed by atoms with van der Waals surface area (Å²) in [7, 11) is 0. The second kappa shape index (κ2) is 11.0. The van der Waals surface area contributed by atoms with Crippen molar-refractivity contribution in [2.75, 3.05) is 12.0 Å². The Morgan fingerprint density at radius 3 is 2.71 bits per heavy atom. The Balaban J connectivity index is 1.81. The van der Waals surface area contributed by atoms with Crippen LogP contribution >= 0.6 is 23.2 Å². The molecule has 2 aromatic rings. The second-order valence-corrected chi connectivity index (χ2v) is 8.09. The molecule has 0 radical (unpaired) electrons. The van der Waals surface area contributed by atoms with E-state index in [4.69, 9.17) is 33.2 Å². The van der Waals surface area contributed by atoms with Crippen LogP contribution in [0.2, 0.25) is 10.0 Å². The number of aromatic amines is 1. The molecule has 0 saturated carbocycles. The number of carbonyl (C=O) groups excluding carboxylic acids is 2. The van der Waals surface area contributed by atoms with E-state index in [2.05, 4.69) is 25.5 Å². The highest BCUT2D eigenvalue weighted by molar-refractivity contribution is 6.47. The Bertz CT molecular complexity index is 1230. The van der Waals surface area contributed by atoms with E-state index in [1.165, 1.54) is 12.1 Å². The van der Waals surface area contributed by atoms with Crippen LogP contribution in [0.4, 0.5) is 10.5 Å². The molecule has 13 heteroatoms. The van der Waals surface area contributed by atoms with Gasteiger partial charge in [0.2, 0.25) is 11.6 Å². The normalized spacial score (nSPS) is 15.0. The van der Waals surface area contributed by atoms with Crippen molar-refractivity contribution in [2.24, 2.45) is 5.10 Å². The van der Waals surface area contributed by atoms with Crippen molar-refractivity contribution in [3.63, 3.8) is 0 Å². The second-order valence-electron chi connectivity index (χ2n) is 7.27. The lowest BCUT2D eigenvalue weighted by Crippen LogP contribution is -2.36. The average Bonchev–Trinajstić information content (AvgIpc) is 2.78. The number of imide groups is 1. The Labute approximate surface area is 204 Å². The number of benzene rings is 1. The van der Waals surface area contributed by atoms with Crippen LogP contribution in [0, 0.1) is 11.3 Å². The number of hydrogen-bond donors (Lipinski definition) is 3. The summed E-state index contributed by atoms with van der Waals surface area (Å²) in [4.78, 5) is 35.5. The molecule has 1 aromatic heterocycles. The number of carbonyl (C=O) groups is 2. The van der Waals surface area contributed by atoms with Crippen molar-refractivity contribution >= 4 is 46.6 Å². The van der Waals surface area contributed by atoms with E-state index in [-0.39, 0.29) is 45.4 Å². The van der Waals surface area contributed by atoms with E-state index >= 15 is 0 Å². The predicted octanol–water partition coefficient (Wildman–Crippen LogP) is 3.87. The predicted molar refractivity (Wildman–Crippen MR) is 125 cm³/mol. The van der Waals surface area contributed by atoms with Crippen LogP contribution < -0.4 is 21.0 Å². The number of alkyl carbamates (subject to hydrolysis) is 1. The number of nitrogens with zero attached hydrogens (tertiary/aromatic N) is 3. The van der Waals surface area contributed by atoms with Gasteiger partial charge in [0.1, 0.15) is 6.07 Å². The molecule has 2 amide bonds. The Morgan fingerprint density at radius 2 is 2.06 bits per heavy atom. The molecule has 178 valence electrons. The fourth-order valence-electron chi connectivity index (χ4n) is 3.44. The maximum atomic E-state index is 12.2. The van der Waals surface area contributed by atoms with Crippen LogP contribution in [0.15, 0.2) is 22.0 Å². The molecule has 0 fully saturated rings. The third kappa shape index (κ3) is 5.65. The van der Waals surface area contributed by atoms with Crippen LogP contribution in [-0.4, -0.2) is 34.5 Å². The molecule has 1 heterocycles. The molecule has 1 aromatic carbocycles. The van der Waals surface area contributed by atoms with Gasteiger partial charge in [0, 0.05) is 11.1 Å². The van der Waals surface area contributed by atoms with Gasteiger partial charge in [-0.15, -0.1) is 5.10 Å². The van der Waals surface area contributed by atoms with E-state index in [1.807, 2.05) is 12.2 Å². The van der Waals surface area contributed by atoms with Crippen LogP contribution in [0.5, 0.6) is 11.6 Å². The van der Waals surface area contributed by atoms with Gasteiger partial charge in [0.15, 0.2) is 5.75 Å². The molecule has 1 atom stereocenters. The zero-order chi connectivity index (χ0) is 24.8. The SMILES string of the molecule is CCOC(=O)NC(=O)/C(C#N)=N\Nc1cc(Cl)c(Oc2n[nH]c(=O)c3c2CCCC3C)c(Cl)c1. The number of amides is 2. The van der Waals surface area contributed by atoms with E-state index in [0.717, 1.165) is 12.8 Å². The van der Waals surface area contributed by atoms with E-state index in [1.54, 1.807) is 13.0 Å². The first kappa shape index (κ1) is 25.0. The number of rotatable bonds is 6. The average molecular weight is 507 g/mol. The number of fused-ring (bicyclic) bond motifs is 1. The van der Waals surface area contributed by atoms with Gasteiger partial charge >= 0.3 is 6.09 Å². The molecule has 11 nitrogen and oxygen atoms in total. The fraction of sp³-hybridized carbons (Fsp3) is 0.333. The Morgan fingerprint density at radius 1 is 1.35 bits per heavy atom. The first-order valence-electron chi connectivity index (χ1n) is 10.2. The van der Waals surface area contributed by atoms with Crippen molar-refractivity contribution < 1.29 is 19.1 Å². The van der Waals surface area contributed by atoms with Crippen molar-refractivity contribution in [3.8, 4) is 17.7 Å². The molecule has 1 aliphatic carbocycles. The summed E-state index contributed by atoms with van der Waals surface area (Å²) < 4.78 is 10.5. The largest absolute Gasteiger partial charge is 0.450 e. The summed E-state index contributed by atoms with van der Waals surface area (Å²) >= 11 is 12.7. The topological polar surface area (TPSA) is 159 Å². The van der Waals surface area contributed by atoms with E-state index in [9.17, 15) is 14.4 Å². The molecule has 34 heavy (non-hydrogen) atoms. The molecular formula is C21H20Cl2N6O5. The molecule has 1 unspecified atom stereocenters. The molecule has 0 aliphatic heterocycles. The lowest BCUT2D eigenvalue weighted by molar-refractivity contribution is -0.114. The maximum Gasteiger partial charge on any atom is 0.414 e. The van der Waals surface area contributed by atoms with E-state index < -0.39 is 17.7 Å². The van der Waals surface area contributed by atoms with Gasteiger partial charge in [-0.2, -0.15) is 10.4 Å². The Hall–Kier alpha value is -3.62. The number of halogens is 2. The molecule has 0 bridgehead atoms.